The SMILES string of the molecule is Cc1sc(C)c(C2(N)CC2)c1Br. The van der Waals surface area contributed by atoms with E-state index in [1.165, 1.54) is 19.8 Å². The van der Waals surface area contributed by atoms with Gasteiger partial charge < -0.3 is 5.73 Å². The molecular formula is C9H12BrNS. The van der Waals surface area contributed by atoms with E-state index in [1.54, 1.807) is 0 Å². The lowest BCUT2D eigenvalue weighted by Gasteiger charge is -2.08. The van der Waals surface area contributed by atoms with Gasteiger partial charge in [0.1, 0.15) is 0 Å². The summed E-state index contributed by atoms with van der Waals surface area (Å²) in [6, 6.07) is 0. The van der Waals surface area contributed by atoms with Gasteiger partial charge in [0.15, 0.2) is 0 Å². The Morgan fingerprint density at radius 1 is 1.33 bits per heavy atom. The van der Waals surface area contributed by atoms with Gasteiger partial charge in [0.25, 0.3) is 0 Å². The normalized spacial score (nSPS) is 19.7. The third kappa shape index (κ3) is 1.15. The number of nitrogens with two attached hydrogens (primary N) is 1. The van der Waals surface area contributed by atoms with Gasteiger partial charge in [-0.3, -0.25) is 0 Å². The molecule has 66 valence electrons. The van der Waals surface area contributed by atoms with Gasteiger partial charge in [-0.2, -0.15) is 0 Å². The van der Waals surface area contributed by atoms with Crippen molar-refractivity contribution >= 4 is 27.3 Å². The van der Waals surface area contributed by atoms with E-state index in [-0.39, 0.29) is 5.54 Å². The molecule has 1 aliphatic carbocycles. The molecule has 2 rings (SSSR count). The van der Waals surface area contributed by atoms with Crippen molar-refractivity contribution in [2.24, 2.45) is 5.73 Å². The molecule has 0 radical (unpaired) electrons. The molecule has 12 heavy (non-hydrogen) atoms. The zero-order chi connectivity index (χ0) is 8.93. The first-order chi connectivity index (χ1) is 5.54. The van der Waals surface area contributed by atoms with Gasteiger partial charge in [0, 0.05) is 19.8 Å². The number of hydrogen-bond donors (Lipinski definition) is 1. The maximum atomic E-state index is 6.16. The maximum absolute atomic E-state index is 6.16. The predicted molar refractivity (Wildman–Crippen MR) is 56.6 cm³/mol. The minimum absolute atomic E-state index is 0.00762. The second-order valence-corrected chi connectivity index (χ2v) is 5.78. The smallest absolute Gasteiger partial charge is 0.0433 e. The molecule has 0 saturated heterocycles. The highest BCUT2D eigenvalue weighted by molar-refractivity contribution is 9.10. The Bertz CT molecular complexity index is 326. The topological polar surface area (TPSA) is 26.0 Å². The fourth-order valence-electron chi connectivity index (χ4n) is 1.61. The standard InChI is InChI=1S/C9H12BrNS/c1-5-7(9(11)3-4-9)8(10)6(2)12-5/h3-4,11H2,1-2H3. The zero-order valence-corrected chi connectivity index (χ0v) is 9.68. The van der Waals surface area contributed by atoms with Crippen LogP contribution in [0.1, 0.15) is 28.2 Å². The van der Waals surface area contributed by atoms with E-state index in [9.17, 15) is 0 Å². The Morgan fingerprint density at radius 3 is 2.25 bits per heavy atom. The van der Waals surface area contributed by atoms with Crippen LogP contribution in [0.3, 0.4) is 0 Å². The van der Waals surface area contributed by atoms with Crippen LogP contribution < -0.4 is 5.73 Å². The van der Waals surface area contributed by atoms with Gasteiger partial charge in [0.05, 0.1) is 0 Å². The zero-order valence-electron chi connectivity index (χ0n) is 7.28. The number of aryl methyl sites for hydroxylation is 2. The van der Waals surface area contributed by atoms with Crippen molar-refractivity contribution in [1.82, 2.24) is 0 Å². The van der Waals surface area contributed by atoms with Crippen molar-refractivity contribution < 1.29 is 0 Å². The molecular weight excluding hydrogens is 234 g/mol. The van der Waals surface area contributed by atoms with E-state index in [0.29, 0.717) is 0 Å². The molecule has 1 aromatic heterocycles. The van der Waals surface area contributed by atoms with Crippen LogP contribution in [0.2, 0.25) is 0 Å². The van der Waals surface area contributed by atoms with Crippen molar-refractivity contribution in [1.29, 1.82) is 0 Å². The number of thiophene rings is 1. The van der Waals surface area contributed by atoms with Crippen LogP contribution >= 0.6 is 27.3 Å². The third-order valence-electron chi connectivity index (χ3n) is 2.47. The maximum Gasteiger partial charge on any atom is 0.0433 e. The molecule has 3 heteroatoms. The Balaban J connectivity index is 2.55. The van der Waals surface area contributed by atoms with Crippen LogP contribution in [0.4, 0.5) is 0 Å². The highest BCUT2D eigenvalue weighted by atomic mass is 79.9. The van der Waals surface area contributed by atoms with Gasteiger partial charge in [-0.25, -0.2) is 0 Å². The summed E-state index contributed by atoms with van der Waals surface area (Å²) in [6.45, 7) is 4.29. The van der Waals surface area contributed by atoms with Gasteiger partial charge in [-0.05, 0) is 48.2 Å². The summed E-state index contributed by atoms with van der Waals surface area (Å²) in [4.78, 5) is 2.72. The molecule has 0 spiro atoms. The van der Waals surface area contributed by atoms with Crippen LogP contribution in [0.25, 0.3) is 0 Å². The van der Waals surface area contributed by atoms with E-state index < -0.39 is 0 Å². The summed E-state index contributed by atoms with van der Waals surface area (Å²) in [5, 5.41) is 0. The lowest BCUT2D eigenvalue weighted by Crippen LogP contribution is -2.19. The van der Waals surface area contributed by atoms with Crippen molar-refractivity contribution in [3.8, 4) is 0 Å². The minimum Gasteiger partial charge on any atom is -0.321 e. The predicted octanol–water partition coefficient (Wildman–Crippen LogP) is 3.08. The molecule has 0 amide bonds. The Hall–Kier alpha value is 0.140. The highest BCUT2D eigenvalue weighted by Crippen LogP contribution is 2.50. The van der Waals surface area contributed by atoms with Crippen molar-refractivity contribution in [3.63, 3.8) is 0 Å². The molecule has 1 heterocycles. The van der Waals surface area contributed by atoms with Crippen LogP contribution in [0.15, 0.2) is 4.47 Å². The summed E-state index contributed by atoms with van der Waals surface area (Å²) < 4.78 is 1.24. The molecule has 0 unspecified atom stereocenters. The Labute approximate surface area is 85.1 Å². The van der Waals surface area contributed by atoms with Crippen LogP contribution in [-0.4, -0.2) is 0 Å². The largest absolute Gasteiger partial charge is 0.321 e. The van der Waals surface area contributed by atoms with Crippen LogP contribution in [-0.2, 0) is 5.54 Å². The summed E-state index contributed by atoms with van der Waals surface area (Å²) in [6.07, 6.45) is 2.28. The summed E-state index contributed by atoms with van der Waals surface area (Å²) in [5.74, 6) is 0. The van der Waals surface area contributed by atoms with Gasteiger partial charge in [0.2, 0.25) is 0 Å². The molecule has 1 aliphatic rings. The molecule has 2 N–H and O–H groups in total. The van der Waals surface area contributed by atoms with Crippen molar-refractivity contribution in [2.45, 2.75) is 32.2 Å². The monoisotopic (exact) mass is 245 g/mol. The number of halogens is 1. The van der Waals surface area contributed by atoms with E-state index in [2.05, 4.69) is 29.8 Å². The quantitative estimate of drug-likeness (QED) is 0.809. The fraction of sp³-hybridized carbons (Fsp3) is 0.556. The summed E-state index contributed by atoms with van der Waals surface area (Å²) in [5.41, 5.74) is 7.52. The highest BCUT2D eigenvalue weighted by Gasteiger charge is 2.43. The Morgan fingerprint density at radius 2 is 1.92 bits per heavy atom. The van der Waals surface area contributed by atoms with E-state index >= 15 is 0 Å². The average molecular weight is 246 g/mol. The third-order valence-corrected chi connectivity index (χ3v) is 4.75. The average Bonchev–Trinajstić information content (AvgIpc) is 2.62. The number of hydrogen-bond acceptors (Lipinski definition) is 2. The molecule has 1 saturated carbocycles. The van der Waals surface area contributed by atoms with Crippen LogP contribution in [0, 0.1) is 13.8 Å². The van der Waals surface area contributed by atoms with Crippen LogP contribution in [0.5, 0.6) is 0 Å². The molecule has 0 atom stereocenters. The first-order valence-electron chi connectivity index (χ1n) is 4.09. The molecule has 0 aliphatic heterocycles. The van der Waals surface area contributed by atoms with Gasteiger partial charge in [-0.1, -0.05) is 0 Å². The number of rotatable bonds is 1. The molecule has 1 nitrogen and oxygen atoms in total. The lowest BCUT2D eigenvalue weighted by atomic mass is 10.1. The molecule has 0 bridgehead atoms. The fourth-order valence-corrected chi connectivity index (χ4v) is 3.73. The van der Waals surface area contributed by atoms with Crippen molar-refractivity contribution in [3.05, 3.63) is 19.8 Å². The van der Waals surface area contributed by atoms with E-state index in [1.807, 2.05) is 11.3 Å². The summed E-state index contributed by atoms with van der Waals surface area (Å²) >= 11 is 5.44. The first-order valence-corrected chi connectivity index (χ1v) is 5.70. The second kappa shape index (κ2) is 2.56. The summed E-state index contributed by atoms with van der Waals surface area (Å²) in [7, 11) is 0. The minimum atomic E-state index is 0.00762. The second-order valence-electron chi connectivity index (χ2n) is 3.56. The molecule has 1 fully saturated rings. The molecule has 1 aromatic rings. The molecule has 0 aromatic carbocycles. The van der Waals surface area contributed by atoms with Gasteiger partial charge in [-0.15, -0.1) is 11.3 Å². The lowest BCUT2D eigenvalue weighted by molar-refractivity contribution is 0.734. The Kier molecular flexibility index (Phi) is 1.86. The van der Waals surface area contributed by atoms with Gasteiger partial charge >= 0.3 is 0 Å². The first kappa shape index (κ1) is 8.73. The van der Waals surface area contributed by atoms with Crippen molar-refractivity contribution in [2.75, 3.05) is 0 Å². The van der Waals surface area contributed by atoms with E-state index in [0.717, 1.165) is 12.8 Å². The van der Waals surface area contributed by atoms with E-state index in [4.69, 9.17) is 5.73 Å².